The van der Waals surface area contributed by atoms with Gasteiger partial charge in [-0.15, -0.1) is 0 Å². The van der Waals surface area contributed by atoms with Gasteiger partial charge in [-0.05, 0) is 18.8 Å². The van der Waals surface area contributed by atoms with E-state index in [4.69, 9.17) is 5.14 Å². The molecular formula is C7H13N3O3S. The van der Waals surface area contributed by atoms with Gasteiger partial charge in [-0.1, -0.05) is 0 Å². The number of nitrogens with zero attached hydrogens (tertiary/aromatic N) is 2. The zero-order valence-electron chi connectivity index (χ0n) is 7.72. The van der Waals surface area contributed by atoms with Gasteiger partial charge in [0, 0.05) is 6.54 Å². The smallest absolute Gasteiger partial charge is 0.278 e. The van der Waals surface area contributed by atoms with Crippen LogP contribution in [0.2, 0.25) is 0 Å². The third kappa shape index (κ3) is 2.05. The monoisotopic (exact) mass is 219 g/mol. The molecule has 2 rings (SSSR count). The van der Waals surface area contributed by atoms with E-state index in [0.29, 0.717) is 12.5 Å². The number of nitrogens with two attached hydrogens (primary N) is 1. The summed E-state index contributed by atoms with van der Waals surface area (Å²) >= 11 is 0. The summed E-state index contributed by atoms with van der Waals surface area (Å²) in [6.45, 7) is 0.685. The highest BCUT2D eigenvalue weighted by atomic mass is 32.2. The van der Waals surface area contributed by atoms with E-state index < -0.39 is 10.2 Å². The van der Waals surface area contributed by atoms with E-state index in [0.717, 1.165) is 17.1 Å². The average molecular weight is 219 g/mol. The second kappa shape index (κ2) is 3.18. The van der Waals surface area contributed by atoms with Gasteiger partial charge in [0.15, 0.2) is 0 Å². The Bertz CT molecular complexity index is 349. The summed E-state index contributed by atoms with van der Waals surface area (Å²) in [4.78, 5) is 12.9. The molecule has 1 heterocycles. The fourth-order valence-electron chi connectivity index (χ4n) is 1.51. The SMILES string of the molecule is NS(=O)(=O)N1CC(=O)N(CC2CC2)C1. The Morgan fingerprint density at radius 1 is 1.43 bits per heavy atom. The molecule has 0 aromatic carbocycles. The van der Waals surface area contributed by atoms with Crippen LogP contribution >= 0.6 is 0 Å². The molecule has 1 aliphatic carbocycles. The van der Waals surface area contributed by atoms with E-state index in [-0.39, 0.29) is 19.1 Å². The van der Waals surface area contributed by atoms with Crippen molar-refractivity contribution in [3.8, 4) is 0 Å². The molecule has 1 saturated carbocycles. The van der Waals surface area contributed by atoms with Crippen LogP contribution in [0.15, 0.2) is 0 Å². The second-order valence-corrected chi connectivity index (χ2v) is 5.40. The molecule has 2 aliphatic rings. The first kappa shape index (κ1) is 9.88. The minimum Gasteiger partial charge on any atom is -0.327 e. The molecule has 0 spiro atoms. The van der Waals surface area contributed by atoms with E-state index in [1.54, 1.807) is 4.90 Å². The van der Waals surface area contributed by atoms with Crippen LogP contribution in [0.1, 0.15) is 12.8 Å². The molecule has 2 fully saturated rings. The van der Waals surface area contributed by atoms with E-state index >= 15 is 0 Å². The molecule has 0 bridgehead atoms. The van der Waals surface area contributed by atoms with Crippen molar-refractivity contribution in [1.29, 1.82) is 0 Å². The fourth-order valence-corrected chi connectivity index (χ4v) is 2.10. The predicted octanol–water partition coefficient (Wildman–Crippen LogP) is -1.30. The topological polar surface area (TPSA) is 83.7 Å². The molecule has 6 nitrogen and oxygen atoms in total. The number of amides is 1. The van der Waals surface area contributed by atoms with Crippen molar-refractivity contribution < 1.29 is 13.2 Å². The Balaban J connectivity index is 1.99. The lowest BCUT2D eigenvalue weighted by Crippen LogP contribution is -2.36. The first-order valence-corrected chi connectivity index (χ1v) is 6.03. The lowest BCUT2D eigenvalue weighted by Gasteiger charge is -2.15. The number of rotatable bonds is 3. The second-order valence-electron chi connectivity index (χ2n) is 3.86. The molecule has 1 saturated heterocycles. The summed E-state index contributed by atoms with van der Waals surface area (Å²) in [6, 6.07) is 0. The van der Waals surface area contributed by atoms with Crippen LogP contribution in [0.4, 0.5) is 0 Å². The van der Waals surface area contributed by atoms with Crippen LogP contribution < -0.4 is 5.14 Å². The van der Waals surface area contributed by atoms with Crippen LogP contribution in [0.3, 0.4) is 0 Å². The van der Waals surface area contributed by atoms with Crippen LogP contribution in [-0.4, -0.2) is 43.3 Å². The van der Waals surface area contributed by atoms with Gasteiger partial charge in [-0.2, -0.15) is 12.7 Å². The summed E-state index contributed by atoms with van der Waals surface area (Å²) in [5, 5.41) is 4.93. The van der Waals surface area contributed by atoms with E-state index in [9.17, 15) is 13.2 Å². The Labute approximate surface area is 82.8 Å². The van der Waals surface area contributed by atoms with Gasteiger partial charge in [-0.25, -0.2) is 5.14 Å². The summed E-state index contributed by atoms with van der Waals surface area (Å²) < 4.78 is 22.9. The van der Waals surface area contributed by atoms with Crippen molar-refractivity contribution in [2.24, 2.45) is 11.1 Å². The highest BCUT2D eigenvalue weighted by Gasteiger charge is 2.36. The quantitative estimate of drug-likeness (QED) is 0.640. The van der Waals surface area contributed by atoms with Crippen LogP contribution in [-0.2, 0) is 15.0 Å². The fraction of sp³-hybridized carbons (Fsp3) is 0.857. The van der Waals surface area contributed by atoms with E-state index in [1.807, 2.05) is 0 Å². The average Bonchev–Trinajstić information content (AvgIpc) is 2.76. The van der Waals surface area contributed by atoms with Gasteiger partial charge >= 0.3 is 0 Å². The number of carbonyl (C=O) groups excluding carboxylic acids is 1. The standard InChI is InChI=1S/C7H13N3O3S/c8-14(12,13)10-4-7(11)9(5-10)3-6-1-2-6/h6H,1-5H2,(H2,8,12,13). The van der Waals surface area contributed by atoms with Crippen molar-refractivity contribution in [1.82, 2.24) is 9.21 Å². The molecule has 2 N–H and O–H groups in total. The Kier molecular flexibility index (Phi) is 2.24. The lowest BCUT2D eigenvalue weighted by atomic mass is 10.4. The predicted molar refractivity (Wildman–Crippen MR) is 49.1 cm³/mol. The van der Waals surface area contributed by atoms with Crippen molar-refractivity contribution in [3.63, 3.8) is 0 Å². The zero-order valence-corrected chi connectivity index (χ0v) is 8.53. The van der Waals surface area contributed by atoms with Gasteiger partial charge in [0.25, 0.3) is 10.2 Å². The highest BCUT2D eigenvalue weighted by Crippen LogP contribution is 2.30. The first-order valence-electron chi connectivity index (χ1n) is 4.52. The van der Waals surface area contributed by atoms with Crippen molar-refractivity contribution >= 4 is 16.1 Å². The Morgan fingerprint density at radius 2 is 2.07 bits per heavy atom. The lowest BCUT2D eigenvalue weighted by molar-refractivity contribution is -0.126. The van der Waals surface area contributed by atoms with Crippen molar-refractivity contribution in [3.05, 3.63) is 0 Å². The molecule has 0 aromatic heterocycles. The maximum atomic E-state index is 11.4. The maximum absolute atomic E-state index is 11.4. The number of hydrogen-bond acceptors (Lipinski definition) is 3. The largest absolute Gasteiger partial charge is 0.327 e. The minimum absolute atomic E-state index is 0.106. The molecular weight excluding hydrogens is 206 g/mol. The number of carbonyl (C=O) groups is 1. The maximum Gasteiger partial charge on any atom is 0.278 e. The molecule has 0 unspecified atom stereocenters. The summed E-state index contributed by atoms with van der Waals surface area (Å²) in [5.41, 5.74) is 0. The normalized spacial score (nSPS) is 24.6. The van der Waals surface area contributed by atoms with Crippen LogP contribution in [0, 0.1) is 5.92 Å². The molecule has 0 radical (unpaired) electrons. The molecule has 1 aliphatic heterocycles. The molecule has 80 valence electrons. The first-order chi connectivity index (χ1) is 6.47. The van der Waals surface area contributed by atoms with Crippen molar-refractivity contribution in [2.45, 2.75) is 12.8 Å². The zero-order chi connectivity index (χ0) is 10.3. The van der Waals surface area contributed by atoms with Gasteiger partial charge in [0.05, 0.1) is 13.2 Å². The van der Waals surface area contributed by atoms with Crippen LogP contribution in [0.5, 0.6) is 0 Å². The third-order valence-corrected chi connectivity index (χ3v) is 3.49. The number of hydrogen-bond donors (Lipinski definition) is 1. The highest BCUT2D eigenvalue weighted by molar-refractivity contribution is 7.86. The van der Waals surface area contributed by atoms with Gasteiger partial charge in [-0.3, -0.25) is 4.79 Å². The van der Waals surface area contributed by atoms with Crippen molar-refractivity contribution in [2.75, 3.05) is 19.8 Å². The summed E-state index contributed by atoms with van der Waals surface area (Å²) in [6.07, 6.45) is 2.28. The van der Waals surface area contributed by atoms with E-state index in [1.165, 1.54) is 0 Å². The summed E-state index contributed by atoms with van der Waals surface area (Å²) in [5.74, 6) is 0.422. The molecule has 0 atom stereocenters. The minimum atomic E-state index is -3.71. The van der Waals surface area contributed by atoms with E-state index in [2.05, 4.69) is 0 Å². The Morgan fingerprint density at radius 3 is 2.50 bits per heavy atom. The van der Waals surface area contributed by atoms with Gasteiger partial charge < -0.3 is 4.90 Å². The molecule has 7 heteroatoms. The molecule has 0 aromatic rings. The Hall–Kier alpha value is -0.660. The third-order valence-electron chi connectivity index (χ3n) is 2.53. The summed E-state index contributed by atoms with van der Waals surface area (Å²) in [7, 11) is -3.71. The van der Waals surface area contributed by atoms with Gasteiger partial charge in [0.2, 0.25) is 5.91 Å². The van der Waals surface area contributed by atoms with Gasteiger partial charge in [0.1, 0.15) is 0 Å². The van der Waals surface area contributed by atoms with Crippen LogP contribution in [0.25, 0.3) is 0 Å². The molecule has 1 amide bonds. The molecule has 14 heavy (non-hydrogen) atoms.